The summed E-state index contributed by atoms with van der Waals surface area (Å²) < 4.78 is 10.2. The van der Waals surface area contributed by atoms with E-state index >= 15 is 0 Å². The van der Waals surface area contributed by atoms with Crippen LogP contribution >= 0.6 is 0 Å². The molecular formula is C18H21NO4. The lowest BCUT2D eigenvalue weighted by molar-refractivity contribution is -0.139. The van der Waals surface area contributed by atoms with Gasteiger partial charge in [-0.1, -0.05) is 30.3 Å². The molecule has 0 unspecified atom stereocenters. The second kappa shape index (κ2) is 10.1. The zero-order valence-corrected chi connectivity index (χ0v) is 13.3. The van der Waals surface area contributed by atoms with Crippen molar-refractivity contribution in [3.8, 4) is 5.75 Å². The van der Waals surface area contributed by atoms with E-state index in [1.807, 2.05) is 30.3 Å². The second-order valence-corrected chi connectivity index (χ2v) is 4.53. The summed E-state index contributed by atoms with van der Waals surface area (Å²) in [6.45, 7) is 0.500. The van der Waals surface area contributed by atoms with Crippen LogP contribution in [0.25, 0.3) is 0 Å². The van der Waals surface area contributed by atoms with Crippen LogP contribution in [0.2, 0.25) is 0 Å². The van der Waals surface area contributed by atoms with Gasteiger partial charge < -0.3 is 20.0 Å². The number of carbonyl (C=O) groups is 1. The van der Waals surface area contributed by atoms with Crippen LogP contribution < -0.4 is 4.74 Å². The Bertz CT molecular complexity index is 609. The molecule has 23 heavy (non-hydrogen) atoms. The predicted octanol–water partition coefficient (Wildman–Crippen LogP) is 2.81. The van der Waals surface area contributed by atoms with Crippen LogP contribution in [0.15, 0.2) is 54.6 Å². The number of esters is 1. The van der Waals surface area contributed by atoms with Gasteiger partial charge in [0.2, 0.25) is 0 Å². The van der Waals surface area contributed by atoms with Gasteiger partial charge in [-0.2, -0.15) is 0 Å². The van der Waals surface area contributed by atoms with Crippen molar-refractivity contribution in [3.63, 3.8) is 0 Å². The standard InChI is InChI=1S/C17H17NO3.CH4O/c1-20-17(19)11-16(18)14-7-9-15(10-8-14)21-12-13-5-3-2-4-6-13;1-2/h2-10,18H,11-12H2,1H3;2H,1H3. The Hall–Kier alpha value is -2.66. The third-order valence-corrected chi connectivity index (χ3v) is 3.00. The van der Waals surface area contributed by atoms with Crippen LogP contribution in [-0.4, -0.2) is 31.0 Å². The lowest BCUT2D eigenvalue weighted by Gasteiger charge is -2.08. The maximum absolute atomic E-state index is 11.1. The summed E-state index contributed by atoms with van der Waals surface area (Å²) in [5, 5.41) is 14.8. The fraction of sp³-hybridized carbons (Fsp3) is 0.222. The van der Waals surface area contributed by atoms with Crippen molar-refractivity contribution in [2.75, 3.05) is 14.2 Å². The first-order chi connectivity index (χ1) is 11.2. The minimum absolute atomic E-state index is 0.0271. The number of hydrogen-bond donors (Lipinski definition) is 2. The van der Waals surface area contributed by atoms with Crippen molar-refractivity contribution < 1.29 is 19.4 Å². The molecule has 0 aliphatic carbocycles. The van der Waals surface area contributed by atoms with Gasteiger partial charge in [-0.3, -0.25) is 4.79 Å². The maximum atomic E-state index is 11.1. The summed E-state index contributed by atoms with van der Waals surface area (Å²) in [6, 6.07) is 17.0. The van der Waals surface area contributed by atoms with E-state index in [0.29, 0.717) is 12.2 Å². The molecule has 0 amide bonds. The van der Waals surface area contributed by atoms with E-state index in [9.17, 15) is 4.79 Å². The van der Waals surface area contributed by atoms with Gasteiger partial charge in [0, 0.05) is 12.8 Å². The highest BCUT2D eigenvalue weighted by molar-refractivity contribution is 6.07. The third kappa shape index (κ3) is 6.32. The molecular weight excluding hydrogens is 294 g/mol. The van der Waals surface area contributed by atoms with E-state index in [0.717, 1.165) is 18.4 Å². The lowest BCUT2D eigenvalue weighted by atomic mass is 10.1. The SMILES string of the molecule is CO.COC(=O)CC(=N)c1ccc(OCc2ccccc2)cc1. The Morgan fingerprint density at radius 2 is 1.65 bits per heavy atom. The van der Waals surface area contributed by atoms with E-state index in [1.54, 1.807) is 24.3 Å². The monoisotopic (exact) mass is 315 g/mol. The van der Waals surface area contributed by atoms with Crippen LogP contribution in [0.5, 0.6) is 5.75 Å². The van der Waals surface area contributed by atoms with Crippen molar-refractivity contribution in [2.45, 2.75) is 13.0 Å². The van der Waals surface area contributed by atoms with Gasteiger partial charge in [0.1, 0.15) is 12.4 Å². The molecule has 122 valence electrons. The Labute approximate surface area is 136 Å². The molecule has 0 spiro atoms. The summed E-state index contributed by atoms with van der Waals surface area (Å²) >= 11 is 0. The Morgan fingerprint density at radius 3 is 2.22 bits per heavy atom. The molecule has 0 atom stereocenters. The third-order valence-electron chi connectivity index (χ3n) is 3.00. The van der Waals surface area contributed by atoms with Gasteiger partial charge in [-0.15, -0.1) is 0 Å². The number of aliphatic hydroxyl groups excluding tert-OH is 1. The molecule has 0 radical (unpaired) electrons. The molecule has 2 N–H and O–H groups in total. The molecule has 0 aliphatic heterocycles. The van der Waals surface area contributed by atoms with Gasteiger partial charge in [0.25, 0.3) is 0 Å². The zero-order valence-electron chi connectivity index (χ0n) is 13.3. The van der Waals surface area contributed by atoms with E-state index in [1.165, 1.54) is 7.11 Å². The van der Waals surface area contributed by atoms with Gasteiger partial charge in [0.15, 0.2) is 0 Å². The summed E-state index contributed by atoms with van der Waals surface area (Å²) in [6.07, 6.45) is -0.0271. The van der Waals surface area contributed by atoms with Gasteiger partial charge in [-0.05, 0) is 35.4 Å². The first kappa shape index (κ1) is 18.4. The fourth-order valence-corrected chi connectivity index (χ4v) is 1.81. The van der Waals surface area contributed by atoms with Crippen molar-refractivity contribution in [1.29, 1.82) is 5.41 Å². The minimum atomic E-state index is -0.413. The van der Waals surface area contributed by atoms with Crippen LogP contribution in [0.3, 0.4) is 0 Å². The summed E-state index contributed by atoms with van der Waals surface area (Å²) in [7, 11) is 2.32. The van der Waals surface area contributed by atoms with Gasteiger partial charge in [-0.25, -0.2) is 0 Å². The molecule has 0 aliphatic rings. The Kier molecular flexibility index (Phi) is 8.10. The highest BCUT2D eigenvalue weighted by Crippen LogP contribution is 2.15. The number of nitrogens with one attached hydrogen (secondary N) is 1. The molecule has 0 saturated heterocycles. The number of methoxy groups -OCH3 is 1. The summed E-state index contributed by atoms with van der Waals surface area (Å²) in [5.41, 5.74) is 2.02. The molecule has 5 nitrogen and oxygen atoms in total. The van der Waals surface area contributed by atoms with Crippen molar-refractivity contribution in [2.24, 2.45) is 0 Å². The average Bonchev–Trinajstić information content (AvgIpc) is 2.62. The van der Waals surface area contributed by atoms with E-state index < -0.39 is 5.97 Å². The number of ether oxygens (including phenoxy) is 2. The largest absolute Gasteiger partial charge is 0.489 e. The zero-order chi connectivity index (χ0) is 17.1. The van der Waals surface area contributed by atoms with Gasteiger partial charge >= 0.3 is 5.97 Å². The normalized spacial score (nSPS) is 9.35. The summed E-state index contributed by atoms with van der Waals surface area (Å²) in [5.74, 6) is 0.317. The minimum Gasteiger partial charge on any atom is -0.489 e. The van der Waals surface area contributed by atoms with Gasteiger partial charge in [0.05, 0.1) is 13.5 Å². The number of aliphatic hydroxyl groups is 1. The smallest absolute Gasteiger partial charge is 0.311 e. The van der Waals surface area contributed by atoms with Crippen LogP contribution in [-0.2, 0) is 16.1 Å². The molecule has 5 heteroatoms. The predicted molar refractivity (Wildman–Crippen MR) is 88.8 cm³/mol. The Balaban J connectivity index is 0.00000127. The quantitative estimate of drug-likeness (QED) is 0.634. The van der Waals surface area contributed by atoms with Crippen LogP contribution in [0, 0.1) is 5.41 Å². The Morgan fingerprint density at radius 1 is 1.04 bits per heavy atom. The molecule has 2 aromatic rings. The molecule has 0 aromatic heterocycles. The fourth-order valence-electron chi connectivity index (χ4n) is 1.81. The van der Waals surface area contributed by atoms with Crippen LogP contribution in [0.4, 0.5) is 0 Å². The first-order valence-corrected chi connectivity index (χ1v) is 7.05. The van der Waals surface area contributed by atoms with E-state index in [2.05, 4.69) is 4.74 Å². The summed E-state index contributed by atoms with van der Waals surface area (Å²) in [4.78, 5) is 11.1. The molecule has 0 fully saturated rings. The highest BCUT2D eigenvalue weighted by Gasteiger charge is 2.08. The molecule has 2 rings (SSSR count). The first-order valence-electron chi connectivity index (χ1n) is 7.05. The lowest BCUT2D eigenvalue weighted by Crippen LogP contribution is -2.09. The van der Waals surface area contributed by atoms with Crippen molar-refractivity contribution >= 4 is 11.7 Å². The number of rotatable bonds is 6. The van der Waals surface area contributed by atoms with E-state index in [4.69, 9.17) is 15.3 Å². The second-order valence-electron chi connectivity index (χ2n) is 4.53. The molecule has 0 saturated carbocycles. The number of benzene rings is 2. The highest BCUT2D eigenvalue weighted by atomic mass is 16.5. The maximum Gasteiger partial charge on any atom is 0.311 e. The van der Waals surface area contributed by atoms with Crippen LogP contribution in [0.1, 0.15) is 17.5 Å². The number of carbonyl (C=O) groups excluding carboxylic acids is 1. The molecule has 2 aromatic carbocycles. The molecule has 0 bridgehead atoms. The van der Waals surface area contributed by atoms with Crippen molar-refractivity contribution in [1.82, 2.24) is 0 Å². The molecule has 0 heterocycles. The number of hydrogen-bond acceptors (Lipinski definition) is 5. The average molecular weight is 315 g/mol. The van der Waals surface area contributed by atoms with E-state index in [-0.39, 0.29) is 12.1 Å². The topological polar surface area (TPSA) is 79.6 Å². The van der Waals surface area contributed by atoms with Crippen molar-refractivity contribution in [3.05, 3.63) is 65.7 Å².